The number of aromatic nitrogens is 2. The molecule has 0 aliphatic heterocycles. The molecule has 2 aromatic rings. The van der Waals surface area contributed by atoms with Gasteiger partial charge in [0.25, 0.3) is 0 Å². The van der Waals surface area contributed by atoms with E-state index in [1.807, 2.05) is 18.2 Å². The molecule has 1 saturated carbocycles. The molecule has 0 bridgehead atoms. The molecule has 0 unspecified atom stereocenters. The van der Waals surface area contributed by atoms with Gasteiger partial charge in [0, 0.05) is 12.6 Å². The smallest absolute Gasteiger partial charge is 0.223 e. The van der Waals surface area contributed by atoms with Gasteiger partial charge in [0.05, 0.1) is 6.04 Å². The molecule has 1 aliphatic rings. The molecule has 0 N–H and O–H groups in total. The van der Waals surface area contributed by atoms with Gasteiger partial charge in [-0.05, 0) is 24.4 Å². The molecule has 1 heterocycles. The van der Waals surface area contributed by atoms with Gasteiger partial charge in [-0.3, -0.25) is 8.95 Å². The summed E-state index contributed by atoms with van der Waals surface area (Å²) in [4.78, 5) is 10.4. The summed E-state index contributed by atoms with van der Waals surface area (Å²) in [6.45, 7) is 0. The molecule has 0 atom stereocenters. The number of hydrogen-bond acceptors (Lipinski definition) is 3. The van der Waals surface area contributed by atoms with Crippen LogP contribution in [0.5, 0.6) is 0 Å². The van der Waals surface area contributed by atoms with E-state index in [2.05, 4.69) is 28.1 Å². The van der Waals surface area contributed by atoms with Crippen LogP contribution in [0.4, 0.5) is 0 Å². The summed E-state index contributed by atoms with van der Waals surface area (Å²) in [6, 6.07) is 10.8. The number of hydrogen-bond donors (Lipinski definition) is 0. The molecular formula is C15H20BrN3S. The molecular weight excluding hydrogens is 334 g/mol. The molecule has 5 heteroatoms. The van der Waals surface area contributed by atoms with Crippen LogP contribution in [0.1, 0.15) is 32.1 Å². The number of aryl methyl sites for hydroxylation is 1. The Morgan fingerprint density at radius 3 is 2.55 bits per heavy atom. The normalized spacial score (nSPS) is 16.9. The van der Waals surface area contributed by atoms with E-state index in [-0.39, 0.29) is 17.0 Å². The van der Waals surface area contributed by atoms with Gasteiger partial charge in [0.1, 0.15) is 0 Å². The van der Waals surface area contributed by atoms with Crippen molar-refractivity contribution in [3.8, 4) is 11.4 Å². The molecule has 1 aliphatic carbocycles. The molecule has 1 fully saturated rings. The predicted octanol–water partition coefficient (Wildman–Crippen LogP) is 3.96. The summed E-state index contributed by atoms with van der Waals surface area (Å²) < 4.78 is 2.11. The van der Waals surface area contributed by atoms with Crippen LogP contribution in [0, 0.1) is 0 Å². The molecule has 108 valence electrons. The van der Waals surface area contributed by atoms with Crippen LogP contribution < -0.4 is 4.80 Å². The zero-order valence-electron chi connectivity index (χ0n) is 11.7. The van der Waals surface area contributed by atoms with Gasteiger partial charge in [0.2, 0.25) is 4.80 Å². The average Bonchev–Trinajstić information content (AvgIpc) is 2.82. The summed E-state index contributed by atoms with van der Waals surface area (Å²) >= 11 is 1.64. The minimum atomic E-state index is 0. The Hall–Kier alpha value is -0.940. The predicted molar refractivity (Wildman–Crippen MR) is 89.3 cm³/mol. The van der Waals surface area contributed by atoms with Crippen molar-refractivity contribution in [1.82, 2.24) is 8.94 Å². The summed E-state index contributed by atoms with van der Waals surface area (Å²) in [6.07, 6.45) is 6.45. The Labute approximate surface area is 134 Å². The number of benzene rings is 1. The molecule has 0 radical (unpaired) electrons. The van der Waals surface area contributed by atoms with Crippen molar-refractivity contribution in [3.05, 3.63) is 35.1 Å². The van der Waals surface area contributed by atoms with Crippen molar-refractivity contribution >= 4 is 28.5 Å². The van der Waals surface area contributed by atoms with Gasteiger partial charge < -0.3 is 0 Å². The largest absolute Gasteiger partial charge is 0.281 e. The van der Waals surface area contributed by atoms with Crippen molar-refractivity contribution in [3.63, 3.8) is 0 Å². The maximum atomic E-state index is 4.81. The van der Waals surface area contributed by atoms with Gasteiger partial charge in [-0.1, -0.05) is 49.6 Å². The van der Waals surface area contributed by atoms with Crippen LogP contribution in [0.25, 0.3) is 11.4 Å². The number of halogens is 1. The molecule has 20 heavy (non-hydrogen) atoms. The van der Waals surface area contributed by atoms with Crippen LogP contribution >= 0.6 is 28.5 Å². The number of rotatable bonds is 2. The first-order valence-electron chi connectivity index (χ1n) is 6.96. The zero-order chi connectivity index (χ0) is 13.1. The fourth-order valence-corrected chi connectivity index (χ4v) is 3.40. The maximum Gasteiger partial charge on any atom is 0.223 e. The van der Waals surface area contributed by atoms with Crippen molar-refractivity contribution in [1.29, 1.82) is 0 Å². The van der Waals surface area contributed by atoms with Crippen LogP contribution in [0.2, 0.25) is 0 Å². The van der Waals surface area contributed by atoms with Gasteiger partial charge in [-0.15, -0.1) is 17.0 Å². The van der Waals surface area contributed by atoms with Crippen molar-refractivity contribution in [2.75, 3.05) is 0 Å². The monoisotopic (exact) mass is 353 g/mol. The van der Waals surface area contributed by atoms with E-state index in [9.17, 15) is 0 Å². The SMILES string of the molecule is Br.Cn1sc(=NC2CCCCC2)nc1-c1ccccc1. The zero-order valence-corrected chi connectivity index (χ0v) is 14.2. The molecule has 1 aromatic heterocycles. The lowest BCUT2D eigenvalue weighted by molar-refractivity contribution is 0.437. The fourth-order valence-electron chi connectivity index (χ4n) is 2.60. The van der Waals surface area contributed by atoms with Gasteiger partial charge in [-0.25, -0.2) is 0 Å². The topological polar surface area (TPSA) is 30.2 Å². The highest BCUT2D eigenvalue weighted by atomic mass is 79.9. The van der Waals surface area contributed by atoms with E-state index < -0.39 is 0 Å². The molecule has 0 amide bonds. The van der Waals surface area contributed by atoms with E-state index in [4.69, 9.17) is 4.99 Å². The highest BCUT2D eigenvalue weighted by Gasteiger charge is 2.12. The third-order valence-electron chi connectivity index (χ3n) is 3.62. The number of nitrogens with zero attached hydrogens (tertiary/aromatic N) is 3. The van der Waals surface area contributed by atoms with Crippen LogP contribution in [0.3, 0.4) is 0 Å². The average molecular weight is 354 g/mol. The van der Waals surface area contributed by atoms with E-state index in [1.54, 1.807) is 11.5 Å². The minimum absolute atomic E-state index is 0. The van der Waals surface area contributed by atoms with Crippen molar-refractivity contribution in [2.24, 2.45) is 12.0 Å². The standard InChI is InChI=1S/C15H19N3S.BrH/c1-18-14(12-8-4-2-5-9-12)17-15(19-18)16-13-10-6-3-7-11-13;/h2,4-5,8-9,13H,3,6-7,10-11H2,1H3;1H. The van der Waals surface area contributed by atoms with Crippen molar-refractivity contribution in [2.45, 2.75) is 38.1 Å². The second kappa shape index (κ2) is 7.18. The summed E-state index contributed by atoms with van der Waals surface area (Å²) in [5.74, 6) is 1.01. The molecule has 1 aromatic carbocycles. The quantitative estimate of drug-likeness (QED) is 0.803. The van der Waals surface area contributed by atoms with Crippen LogP contribution in [-0.4, -0.2) is 15.0 Å². The Bertz CT molecular complexity index is 597. The Kier molecular flexibility index (Phi) is 5.54. The molecule has 3 nitrogen and oxygen atoms in total. The van der Waals surface area contributed by atoms with E-state index in [0.717, 1.165) is 16.2 Å². The second-order valence-electron chi connectivity index (χ2n) is 5.09. The van der Waals surface area contributed by atoms with E-state index in [0.29, 0.717) is 6.04 Å². The molecule has 0 saturated heterocycles. The van der Waals surface area contributed by atoms with Crippen LogP contribution in [-0.2, 0) is 7.05 Å². The first kappa shape index (κ1) is 15.4. The van der Waals surface area contributed by atoms with Gasteiger partial charge >= 0.3 is 0 Å². The Morgan fingerprint density at radius 2 is 1.85 bits per heavy atom. The second-order valence-corrected chi connectivity index (χ2v) is 6.19. The summed E-state index contributed by atoms with van der Waals surface area (Å²) in [7, 11) is 2.06. The van der Waals surface area contributed by atoms with Crippen LogP contribution in [0.15, 0.2) is 35.3 Å². The minimum Gasteiger partial charge on any atom is -0.281 e. The highest BCUT2D eigenvalue weighted by Crippen LogP contribution is 2.20. The molecule has 0 spiro atoms. The Morgan fingerprint density at radius 1 is 1.15 bits per heavy atom. The Balaban J connectivity index is 0.00000147. The van der Waals surface area contributed by atoms with Gasteiger partial charge in [-0.2, -0.15) is 4.98 Å². The summed E-state index contributed by atoms with van der Waals surface area (Å²) in [5.41, 5.74) is 1.16. The third-order valence-corrected chi connectivity index (χ3v) is 4.42. The van der Waals surface area contributed by atoms with Crippen molar-refractivity contribution < 1.29 is 0 Å². The lowest BCUT2D eigenvalue weighted by Gasteiger charge is -2.16. The fraction of sp³-hybridized carbons (Fsp3) is 0.467. The lowest BCUT2D eigenvalue weighted by atomic mass is 9.96. The first-order chi connectivity index (χ1) is 9.33. The third kappa shape index (κ3) is 3.58. The lowest BCUT2D eigenvalue weighted by Crippen LogP contribution is -2.14. The van der Waals surface area contributed by atoms with Gasteiger partial charge in [0.15, 0.2) is 5.82 Å². The maximum absolute atomic E-state index is 4.81. The summed E-state index contributed by atoms with van der Waals surface area (Å²) in [5, 5.41) is 0. The van der Waals surface area contributed by atoms with E-state index in [1.165, 1.54) is 32.1 Å². The first-order valence-corrected chi connectivity index (χ1v) is 7.74. The van der Waals surface area contributed by atoms with E-state index >= 15 is 0 Å². The highest BCUT2D eigenvalue weighted by molar-refractivity contribution is 8.93. The molecule has 3 rings (SSSR count).